The zero-order valence-corrected chi connectivity index (χ0v) is 16.1. The first-order valence-electron chi connectivity index (χ1n) is 8.57. The van der Waals surface area contributed by atoms with Crippen LogP contribution in [0.2, 0.25) is 5.02 Å². The first-order valence-corrected chi connectivity index (χ1v) is 9.83. The standard InChI is InChI=1S/C19H19ClN2O4S/c20-14-6-2-1-5-13(14)11-21-17(23)12-26-19(25)15-7-3-9-22(15)18(24)16-8-4-10-27-16/h1-2,4-6,8,10,15H,3,7,9,11-12H2,(H,21,23). The first-order chi connectivity index (χ1) is 13.1. The van der Waals surface area contributed by atoms with Gasteiger partial charge in [0.2, 0.25) is 0 Å². The molecule has 8 heteroatoms. The average Bonchev–Trinajstić information content (AvgIpc) is 3.36. The molecule has 2 heterocycles. The van der Waals surface area contributed by atoms with Crippen molar-refractivity contribution in [2.75, 3.05) is 13.2 Å². The number of nitrogens with zero attached hydrogens (tertiary/aromatic N) is 1. The van der Waals surface area contributed by atoms with Crippen LogP contribution in [0.15, 0.2) is 41.8 Å². The molecule has 1 saturated heterocycles. The van der Waals surface area contributed by atoms with E-state index < -0.39 is 17.9 Å². The van der Waals surface area contributed by atoms with Crippen molar-refractivity contribution in [3.63, 3.8) is 0 Å². The number of carbonyl (C=O) groups excluding carboxylic acids is 3. The van der Waals surface area contributed by atoms with E-state index in [0.29, 0.717) is 22.9 Å². The smallest absolute Gasteiger partial charge is 0.329 e. The first kappa shape index (κ1) is 19.4. The number of likely N-dealkylation sites (tertiary alicyclic amines) is 1. The summed E-state index contributed by atoms with van der Waals surface area (Å²) in [4.78, 5) is 38.9. The van der Waals surface area contributed by atoms with E-state index in [1.54, 1.807) is 30.3 Å². The van der Waals surface area contributed by atoms with Crippen molar-refractivity contribution in [2.45, 2.75) is 25.4 Å². The number of benzene rings is 1. The van der Waals surface area contributed by atoms with E-state index in [-0.39, 0.29) is 19.1 Å². The van der Waals surface area contributed by atoms with Crippen LogP contribution in [0.3, 0.4) is 0 Å². The predicted molar refractivity (Wildman–Crippen MR) is 103 cm³/mol. The number of ether oxygens (including phenoxy) is 1. The molecule has 2 amide bonds. The van der Waals surface area contributed by atoms with Crippen LogP contribution in [0, 0.1) is 0 Å². The molecule has 1 aliphatic heterocycles. The van der Waals surface area contributed by atoms with Gasteiger partial charge in [0.15, 0.2) is 6.61 Å². The van der Waals surface area contributed by atoms with Crippen LogP contribution in [0.4, 0.5) is 0 Å². The number of thiophene rings is 1. The lowest BCUT2D eigenvalue weighted by Crippen LogP contribution is -2.42. The van der Waals surface area contributed by atoms with Gasteiger partial charge in [-0.25, -0.2) is 4.79 Å². The summed E-state index contributed by atoms with van der Waals surface area (Å²) in [5, 5.41) is 5.04. The molecule has 6 nitrogen and oxygen atoms in total. The van der Waals surface area contributed by atoms with Crippen LogP contribution in [0.25, 0.3) is 0 Å². The minimum Gasteiger partial charge on any atom is -0.454 e. The van der Waals surface area contributed by atoms with Gasteiger partial charge in [0.05, 0.1) is 4.88 Å². The number of halogens is 1. The highest BCUT2D eigenvalue weighted by atomic mass is 35.5. The molecule has 3 rings (SSSR count). The molecular formula is C19H19ClN2O4S. The van der Waals surface area contributed by atoms with Crippen LogP contribution in [-0.4, -0.2) is 41.9 Å². The number of amides is 2. The fraction of sp³-hybridized carbons (Fsp3) is 0.316. The van der Waals surface area contributed by atoms with E-state index in [0.717, 1.165) is 12.0 Å². The largest absolute Gasteiger partial charge is 0.454 e. The number of rotatable bonds is 6. The third kappa shape index (κ3) is 4.87. The van der Waals surface area contributed by atoms with E-state index in [1.807, 2.05) is 11.4 Å². The topological polar surface area (TPSA) is 75.7 Å². The minimum atomic E-state index is -0.643. The van der Waals surface area contributed by atoms with Crippen LogP contribution in [0.5, 0.6) is 0 Å². The molecule has 0 radical (unpaired) electrons. The van der Waals surface area contributed by atoms with Crippen LogP contribution < -0.4 is 5.32 Å². The van der Waals surface area contributed by atoms with Gasteiger partial charge in [-0.1, -0.05) is 35.9 Å². The number of hydrogen-bond acceptors (Lipinski definition) is 5. The molecule has 142 valence electrons. The molecule has 0 saturated carbocycles. The van der Waals surface area contributed by atoms with Crippen molar-refractivity contribution in [1.82, 2.24) is 10.2 Å². The molecule has 0 bridgehead atoms. The maximum Gasteiger partial charge on any atom is 0.329 e. The highest BCUT2D eigenvalue weighted by Gasteiger charge is 2.36. The predicted octanol–water partition coefficient (Wildman–Crippen LogP) is 2.87. The number of carbonyl (C=O) groups is 3. The zero-order valence-electron chi connectivity index (χ0n) is 14.5. The van der Waals surface area contributed by atoms with Gasteiger partial charge in [0.25, 0.3) is 11.8 Å². The monoisotopic (exact) mass is 406 g/mol. The van der Waals surface area contributed by atoms with Crippen molar-refractivity contribution in [1.29, 1.82) is 0 Å². The van der Waals surface area contributed by atoms with Gasteiger partial charge in [-0.05, 0) is 35.9 Å². The van der Waals surface area contributed by atoms with E-state index in [2.05, 4.69) is 5.32 Å². The number of nitrogens with one attached hydrogen (secondary N) is 1. The number of esters is 1. The number of hydrogen-bond donors (Lipinski definition) is 1. The lowest BCUT2D eigenvalue weighted by Gasteiger charge is -2.22. The Morgan fingerprint density at radius 3 is 2.78 bits per heavy atom. The summed E-state index contributed by atoms with van der Waals surface area (Å²) in [6, 6.07) is 10.1. The summed E-state index contributed by atoms with van der Waals surface area (Å²) in [5.41, 5.74) is 0.780. The van der Waals surface area contributed by atoms with Crippen molar-refractivity contribution in [3.8, 4) is 0 Å². The van der Waals surface area contributed by atoms with Gasteiger partial charge in [-0.15, -0.1) is 11.3 Å². The Morgan fingerprint density at radius 1 is 1.22 bits per heavy atom. The van der Waals surface area contributed by atoms with Crippen LogP contribution in [0.1, 0.15) is 28.1 Å². The third-order valence-corrected chi connectivity index (χ3v) is 5.52. The molecule has 1 N–H and O–H groups in total. The molecule has 1 atom stereocenters. The van der Waals surface area contributed by atoms with Crippen LogP contribution >= 0.6 is 22.9 Å². The quantitative estimate of drug-likeness (QED) is 0.748. The highest BCUT2D eigenvalue weighted by molar-refractivity contribution is 7.12. The molecule has 1 aromatic carbocycles. The molecule has 27 heavy (non-hydrogen) atoms. The van der Waals surface area contributed by atoms with Crippen molar-refractivity contribution < 1.29 is 19.1 Å². The second-order valence-electron chi connectivity index (χ2n) is 6.11. The molecule has 1 aliphatic rings. The second kappa shape index (κ2) is 9.01. The van der Waals surface area contributed by atoms with Gasteiger partial charge in [-0.3, -0.25) is 9.59 Å². The molecule has 0 aliphatic carbocycles. The summed E-state index contributed by atoms with van der Waals surface area (Å²) in [6.45, 7) is 0.374. The second-order valence-corrected chi connectivity index (χ2v) is 7.46. The van der Waals surface area contributed by atoms with Crippen molar-refractivity contribution >= 4 is 40.7 Å². The Labute approximate surface area is 166 Å². The van der Waals surface area contributed by atoms with Gasteiger partial charge >= 0.3 is 5.97 Å². The van der Waals surface area contributed by atoms with Gasteiger partial charge in [-0.2, -0.15) is 0 Å². The fourth-order valence-electron chi connectivity index (χ4n) is 2.92. The average molecular weight is 407 g/mol. The Kier molecular flexibility index (Phi) is 6.47. The Balaban J connectivity index is 1.49. The fourth-order valence-corrected chi connectivity index (χ4v) is 3.80. The molecular weight excluding hydrogens is 388 g/mol. The minimum absolute atomic E-state index is 0.173. The molecule has 1 aromatic heterocycles. The maximum atomic E-state index is 12.5. The van der Waals surface area contributed by atoms with Gasteiger partial charge in [0.1, 0.15) is 6.04 Å². The van der Waals surface area contributed by atoms with Crippen LogP contribution in [-0.2, 0) is 20.9 Å². The molecule has 1 unspecified atom stereocenters. The third-order valence-electron chi connectivity index (χ3n) is 4.30. The lowest BCUT2D eigenvalue weighted by atomic mass is 10.2. The summed E-state index contributed by atoms with van der Waals surface area (Å²) < 4.78 is 5.13. The van der Waals surface area contributed by atoms with E-state index >= 15 is 0 Å². The molecule has 2 aromatic rings. The summed E-state index contributed by atoms with van der Waals surface area (Å²) >= 11 is 7.37. The highest BCUT2D eigenvalue weighted by Crippen LogP contribution is 2.23. The Bertz CT molecular complexity index is 825. The van der Waals surface area contributed by atoms with E-state index in [4.69, 9.17) is 16.3 Å². The summed E-state index contributed by atoms with van der Waals surface area (Å²) in [6.07, 6.45) is 1.27. The maximum absolute atomic E-state index is 12.5. The molecule has 0 spiro atoms. The Hall–Kier alpha value is -2.38. The normalized spacial score (nSPS) is 16.2. The molecule has 1 fully saturated rings. The van der Waals surface area contributed by atoms with Gasteiger partial charge in [0, 0.05) is 18.1 Å². The van der Waals surface area contributed by atoms with E-state index in [1.165, 1.54) is 16.2 Å². The van der Waals surface area contributed by atoms with Crippen molar-refractivity contribution in [2.24, 2.45) is 0 Å². The van der Waals surface area contributed by atoms with E-state index in [9.17, 15) is 14.4 Å². The summed E-state index contributed by atoms with van der Waals surface area (Å²) in [5.74, 6) is -1.14. The zero-order chi connectivity index (χ0) is 19.2. The summed E-state index contributed by atoms with van der Waals surface area (Å²) in [7, 11) is 0. The van der Waals surface area contributed by atoms with Crippen molar-refractivity contribution in [3.05, 3.63) is 57.2 Å². The lowest BCUT2D eigenvalue weighted by molar-refractivity contribution is -0.152. The Morgan fingerprint density at radius 2 is 2.04 bits per heavy atom. The SMILES string of the molecule is O=C(COC(=O)C1CCCN1C(=O)c1cccs1)NCc1ccccc1Cl. The van der Waals surface area contributed by atoms with Gasteiger partial charge < -0.3 is 15.0 Å².